The molecular weight excluding hydrogens is 386 g/mol. The maximum Gasteiger partial charge on any atom is 0.272 e. The minimum Gasteiger partial charge on any atom is -0.303 e. The van der Waals surface area contributed by atoms with Gasteiger partial charge < -0.3 is 5.32 Å². The van der Waals surface area contributed by atoms with E-state index < -0.39 is 15.1 Å². The van der Waals surface area contributed by atoms with Crippen LogP contribution in [0.15, 0.2) is 58.7 Å². The van der Waals surface area contributed by atoms with E-state index in [1.54, 1.807) is 24.3 Å². The van der Waals surface area contributed by atoms with Crippen molar-refractivity contribution in [1.82, 2.24) is 5.32 Å². The van der Waals surface area contributed by atoms with Gasteiger partial charge in [-0.3, -0.25) is 25.0 Å². The molecule has 1 heterocycles. The molecule has 11 heteroatoms. The summed E-state index contributed by atoms with van der Waals surface area (Å²) in [6, 6.07) is 12.1. The highest BCUT2D eigenvalue weighted by molar-refractivity contribution is 8.15. The lowest BCUT2D eigenvalue weighted by atomic mass is 10.1. The van der Waals surface area contributed by atoms with Crippen molar-refractivity contribution < 1.29 is 14.6 Å². The Hall–Kier alpha value is -3.60. The number of nitrogens with one attached hydrogen (secondary N) is 1. The molecule has 2 aromatic carbocycles. The lowest BCUT2D eigenvalue weighted by molar-refractivity contribution is -0.385. The van der Waals surface area contributed by atoms with E-state index in [-0.39, 0.29) is 28.9 Å². The zero-order valence-corrected chi connectivity index (χ0v) is 15.0. The Kier molecular flexibility index (Phi) is 5.75. The minimum atomic E-state index is -0.562. The molecule has 0 unspecified atom stereocenters. The smallest absolute Gasteiger partial charge is 0.272 e. The number of para-hydroxylation sites is 1. The summed E-state index contributed by atoms with van der Waals surface area (Å²) >= 11 is 1.12. The molecule has 0 aromatic heterocycles. The van der Waals surface area contributed by atoms with E-state index in [9.17, 15) is 25.0 Å². The van der Waals surface area contributed by atoms with Crippen LogP contribution in [0.1, 0.15) is 11.1 Å². The molecule has 1 aliphatic rings. The molecule has 3 rings (SSSR count). The van der Waals surface area contributed by atoms with Gasteiger partial charge in [-0.2, -0.15) is 5.10 Å². The van der Waals surface area contributed by atoms with Gasteiger partial charge in [-0.25, -0.2) is 0 Å². The van der Waals surface area contributed by atoms with Crippen molar-refractivity contribution in [3.63, 3.8) is 0 Å². The van der Waals surface area contributed by atoms with Crippen molar-refractivity contribution in [3.8, 4) is 0 Å². The van der Waals surface area contributed by atoms with E-state index in [0.29, 0.717) is 11.1 Å². The van der Waals surface area contributed by atoms with Crippen LogP contribution in [0.25, 0.3) is 0 Å². The minimum absolute atomic E-state index is 0.0371. The molecule has 28 heavy (non-hydrogen) atoms. The molecule has 0 aliphatic carbocycles. The van der Waals surface area contributed by atoms with E-state index in [1.807, 2.05) is 0 Å². The van der Waals surface area contributed by atoms with Crippen LogP contribution in [-0.4, -0.2) is 32.4 Å². The van der Waals surface area contributed by atoms with Gasteiger partial charge in [-0.15, -0.1) is 5.10 Å². The van der Waals surface area contributed by atoms with E-state index in [0.717, 1.165) is 11.8 Å². The molecule has 0 bridgehead atoms. The van der Waals surface area contributed by atoms with Gasteiger partial charge in [-0.05, 0) is 0 Å². The van der Waals surface area contributed by atoms with Crippen LogP contribution in [0.3, 0.4) is 0 Å². The third-order valence-corrected chi connectivity index (χ3v) is 4.88. The third kappa shape index (κ3) is 4.57. The van der Waals surface area contributed by atoms with Gasteiger partial charge in [0.05, 0.1) is 21.3 Å². The predicted molar refractivity (Wildman–Crippen MR) is 104 cm³/mol. The van der Waals surface area contributed by atoms with Gasteiger partial charge in [-0.1, -0.05) is 42.1 Å². The second-order valence-corrected chi connectivity index (χ2v) is 6.88. The maximum absolute atomic E-state index is 12.1. The molecule has 0 radical (unpaired) electrons. The molecule has 1 amide bonds. The van der Waals surface area contributed by atoms with Gasteiger partial charge in [0.2, 0.25) is 5.91 Å². The lowest BCUT2D eigenvalue weighted by Gasteiger charge is -2.05. The zero-order valence-electron chi connectivity index (χ0n) is 14.2. The number of thioether (sulfide) groups is 1. The Morgan fingerprint density at radius 2 is 1.89 bits per heavy atom. The average molecular weight is 399 g/mol. The van der Waals surface area contributed by atoms with Gasteiger partial charge in [0, 0.05) is 35.7 Å². The normalized spacial score (nSPS) is 17.8. The first-order chi connectivity index (χ1) is 13.4. The summed E-state index contributed by atoms with van der Waals surface area (Å²) in [4.78, 5) is 33.0. The number of benzene rings is 2. The summed E-state index contributed by atoms with van der Waals surface area (Å²) in [7, 11) is 0. The van der Waals surface area contributed by atoms with Crippen molar-refractivity contribution >= 4 is 40.4 Å². The van der Waals surface area contributed by atoms with Gasteiger partial charge in [0.1, 0.15) is 0 Å². The molecule has 0 spiro atoms. The first kappa shape index (κ1) is 19.2. The number of carbonyl (C=O) groups excluding carboxylic acids is 1. The number of nitro benzene ring substituents is 2. The molecule has 142 valence electrons. The number of carbonyl (C=O) groups is 1. The van der Waals surface area contributed by atoms with Crippen LogP contribution in [-0.2, 0) is 11.2 Å². The highest BCUT2D eigenvalue weighted by atomic mass is 32.2. The molecule has 2 aromatic rings. The fourth-order valence-electron chi connectivity index (χ4n) is 2.51. The van der Waals surface area contributed by atoms with E-state index in [1.165, 1.54) is 30.5 Å². The van der Waals surface area contributed by atoms with Gasteiger partial charge >= 0.3 is 0 Å². The molecule has 1 saturated heterocycles. The quantitative estimate of drug-likeness (QED) is 0.450. The number of rotatable bonds is 6. The van der Waals surface area contributed by atoms with Crippen molar-refractivity contribution in [2.45, 2.75) is 11.7 Å². The SMILES string of the molecule is O=C1N/C(=N/N=C\c2cccc([N+](=O)[O-])c2)S[C@@H]1Cc1ccccc1[N+](=O)[O-]. The number of hydrogen-bond donors (Lipinski definition) is 1. The van der Waals surface area contributed by atoms with Crippen LogP contribution < -0.4 is 5.32 Å². The Labute approximate surface area is 162 Å². The van der Waals surface area contributed by atoms with E-state index in [4.69, 9.17) is 0 Å². The van der Waals surface area contributed by atoms with Crippen molar-refractivity contribution in [3.05, 3.63) is 79.9 Å². The fourth-order valence-corrected chi connectivity index (χ4v) is 3.47. The first-order valence-electron chi connectivity index (χ1n) is 7.99. The first-order valence-corrected chi connectivity index (χ1v) is 8.87. The standard InChI is InChI=1S/C17H13N5O5S/c23-16-15(9-12-5-1-2-7-14(12)22(26)27)28-17(19-16)20-18-10-11-4-3-6-13(8-11)21(24)25/h1-8,10,15H,9H2,(H,19,20,23)/b18-10-/t15-/m1/s1. The average Bonchev–Trinajstić information content (AvgIpc) is 3.01. The van der Waals surface area contributed by atoms with Crippen LogP contribution in [0, 0.1) is 20.2 Å². The lowest BCUT2D eigenvalue weighted by Crippen LogP contribution is -2.26. The topological polar surface area (TPSA) is 140 Å². The van der Waals surface area contributed by atoms with Crippen molar-refractivity contribution in [1.29, 1.82) is 0 Å². The summed E-state index contributed by atoms with van der Waals surface area (Å²) in [6.07, 6.45) is 1.52. The molecule has 1 N–H and O–H groups in total. The predicted octanol–water partition coefficient (Wildman–Crippen LogP) is 2.67. The zero-order chi connectivity index (χ0) is 20.1. The highest BCUT2D eigenvalue weighted by Gasteiger charge is 2.32. The number of nitro groups is 2. The Balaban J connectivity index is 1.68. The van der Waals surface area contributed by atoms with Crippen LogP contribution >= 0.6 is 11.8 Å². The van der Waals surface area contributed by atoms with Crippen LogP contribution in [0.5, 0.6) is 0 Å². The number of amides is 1. The Morgan fingerprint density at radius 3 is 2.64 bits per heavy atom. The summed E-state index contributed by atoms with van der Waals surface area (Å²) in [6.45, 7) is 0. The second kappa shape index (κ2) is 8.39. The molecular formula is C17H13N5O5S. The molecule has 1 aliphatic heterocycles. The van der Waals surface area contributed by atoms with Crippen molar-refractivity contribution in [2.24, 2.45) is 10.2 Å². The van der Waals surface area contributed by atoms with Crippen molar-refractivity contribution in [2.75, 3.05) is 0 Å². The van der Waals surface area contributed by atoms with Gasteiger partial charge in [0.15, 0.2) is 5.17 Å². The fraction of sp³-hybridized carbons (Fsp3) is 0.118. The number of non-ortho nitro benzene ring substituents is 1. The molecule has 10 nitrogen and oxygen atoms in total. The summed E-state index contributed by atoms with van der Waals surface area (Å²) < 4.78 is 0. The van der Waals surface area contributed by atoms with Crippen LogP contribution in [0.2, 0.25) is 0 Å². The number of amidine groups is 1. The molecule has 0 saturated carbocycles. The summed E-state index contributed by atoms with van der Waals surface area (Å²) in [5.74, 6) is -0.313. The maximum atomic E-state index is 12.1. The van der Waals surface area contributed by atoms with Gasteiger partial charge in [0.25, 0.3) is 11.4 Å². The third-order valence-electron chi connectivity index (χ3n) is 3.81. The van der Waals surface area contributed by atoms with Crippen LogP contribution in [0.4, 0.5) is 11.4 Å². The number of hydrogen-bond acceptors (Lipinski definition) is 8. The summed E-state index contributed by atoms with van der Waals surface area (Å²) in [5.41, 5.74) is 0.848. The second-order valence-electron chi connectivity index (χ2n) is 5.69. The monoisotopic (exact) mass is 399 g/mol. The summed E-state index contributed by atoms with van der Waals surface area (Å²) in [5, 5.41) is 31.9. The number of nitrogens with zero attached hydrogens (tertiary/aromatic N) is 4. The van der Waals surface area contributed by atoms with E-state index >= 15 is 0 Å². The molecule has 1 atom stereocenters. The molecule has 1 fully saturated rings. The highest BCUT2D eigenvalue weighted by Crippen LogP contribution is 2.27. The Bertz CT molecular complexity index is 1010. The van der Waals surface area contributed by atoms with E-state index in [2.05, 4.69) is 15.5 Å². The largest absolute Gasteiger partial charge is 0.303 e. The Morgan fingerprint density at radius 1 is 1.11 bits per heavy atom.